The van der Waals surface area contributed by atoms with Crippen molar-refractivity contribution in [3.63, 3.8) is 0 Å². The van der Waals surface area contributed by atoms with Crippen molar-refractivity contribution in [1.29, 1.82) is 11.1 Å². The van der Waals surface area contributed by atoms with Crippen LogP contribution >= 0.6 is 0 Å². The lowest BCUT2D eigenvalue weighted by molar-refractivity contribution is -0.115. The molecule has 2 atom stereocenters. The Hall–Kier alpha value is -3.54. The summed E-state index contributed by atoms with van der Waals surface area (Å²) in [4.78, 5) is 26.0. The van der Waals surface area contributed by atoms with E-state index in [-0.39, 0.29) is 23.7 Å². The van der Waals surface area contributed by atoms with E-state index in [1.54, 1.807) is 0 Å². The summed E-state index contributed by atoms with van der Waals surface area (Å²) in [6.07, 6.45) is 3.59. The van der Waals surface area contributed by atoms with E-state index in [1.165, 1.54) is 44.5 Å². The number of carbonyl (C=O) groups excluding carboxylic acids is 2. The molecule has 4 rings (SSSR count). The average Bonchev–Trinajstić information content (AvgIpc) is 2.95. The van der Waals surface area contributed by atoms with Gasteiger partial charge in [-0.15, -0.1) is 0 Å². The van der Waals surface area contributed by atoms with E-state index in [0.717, 1.165) is 63.8 Å². The fraction of sp³-hybridized carbons (Fsp3) is 0.486. The van der Waals surface area contributed by atoms with Crippen molar-refractivity contribution < 1.29 is 9.59 Å². The fourth-order valence-corrected chi connectivity index (χ4v) is 7.38. The lowest BCUT2D eigenvalue weighted by Gasteiger charge is -2.30. The van der Waals surface area contributed by atoms with Crippen LogP contribution in [0.1, 0.15) is 101 Å². The Kier molecular flexibility index (Phi) is 8.45. The van der Waals surface area contributed by atoms with E-state index in [0.29, 0.717) is 12.8 Å². The van der Waals surface area contributed by atoms with Crippen molar-refractivity contribution in [2.24, 2.45) is 10.2 Å². The SMILES string of the molecule is CC1=C(C(C)N=N)c2c(C)c(C)c(CCCc3c(C)c(C)c4c(c3C)CC(=O)C(C)=C4C(C)N=N)c(C)c2CC1=O. The van der Waals surface area contributed by atoms with Crippen LogP contribution in [-0.4, -0.2) is 23.7 Å². The molecule has 216 valence electrons. The van der Waals surface area contributed by atoms with Crippen LogP contribution in [0.15, 0.2) is 21.4 Å². The zero-order valence-corrected chi connectivity index (χ0v) is 26.4. The van der Waals surface area contributed by atoms with Gasteiger partial charge in [-0.25, -0.2) is 11.1 Å². The predicted molar refractivity (Wildman–Crippen MR) is 165 cm³/mol. The second-order valence-electron chi connectivity index (χ2n) is 12.2. The maximum atomic E-state index is 13.0. The molecule has 0 heterocycles. The zero-order chi connectivity index (χ0) is 30.5. The van der Waals surface area contributed by atoms with Gasteiger partial charge in [-0.05, 0) is 178 Å². The van der Waals surface area contributed by atoms with Gasteiger partial charge in [0.2, 0.25) is 0 Å². The smallest absolute Gasteiger partial charge is 0.163 e. The van der Waals surface area contributed by atoms with Crippen molar-refractivity contribution in [2.75, 3.05) is 0 Å². The van der Waals surface area contributed by atoms with Crippen LogP contribution in [0.25, 0.3) is 11.1 Å². The largest absolute Gasteiger partial charge is 0.294 e. The normalized spacial score (nSPS) is 16.5. The van der Waals surface area contributed by atoms with Gasteiger partial charge in [0.15, 0.2) is 11.6 Å². The zero-order valence-electron chi connectivity index (χ0n) is 26.4. The summed E-state index contributed by atoms with van der Waals surface area (Å²) in [5, 5.41) is 7.57. The van der Waals surface area contributed by atoms with Crippen LogP contribution in [0.3, 0.4) is 0 Å². The second kappa shape index (κ2) is 11.4. The van der Waals surface area contributed by atoms with Crippen molar-refractivity contribution >= 4 is 22.7 Å². The van der Waals surface area contributed by atoms with Gasteiger partial charge in [-0.1, -0.05) is 0 Å². The maximum Gasteiger partial charge on any atom is 0.163 e. The predicted octanol–water partition coefficient (Wildman–Crippen LogP) is 8.35. The minimum atomic E-state index is -0.344. The highest BCUT2D eigenvalue weighted by molar-refractivity contribution is 6.09. The molecule has 2 aliphatic rings. The Morgan fingerprint density at radius 2 is 0.927 bits per heavy atom. The quantitative estimate of drug-likeness (QED) is 0.321. The number of Topliss-reactive ketones (excluding diaryl/α,β-unsaturated/α-hetero) is 2. The van der Waals surface area contributed by atoms with Gasteiger partial charge < -0.3 is 0 Å². The number of allylic oxidation sites excluding steroid dienone is 2. The van der Waals surface area contributed by atoms with E-state index in [1.807, 2.05) is 27.7 Å². The van der Waals surface area contributed by atoms with Crippen LogP contribution in [-0.2, 0) is 35.3 Å². The van der Waals surface area contributed by atoms with Gasteiger partial charge in [0, 0.05) is 12.8 Å². The molecule has 0 fully saturated rings. The van der Waals surface area contributed by atoms with Gasteiger partial charge in [0.1, 0.15) is 0 Å². The van der Waals surface area contributed by atoms with E-state index in [4.69, 9.17) is 11.1 Å². The van der Waals surface area contributed by atoms with Crippen LogP contribution in [0.5, 0.6) is 0 Å². The first-order valence-electron chi connectivity index (χ1n) is 14.7. The van der Waals surface area contributed by atoms with E-state index in [9.17, 15) is 9.59 Å². The molecule has 0 saturated carbocycles. The summed E-state index contributed by atoms with van der Waals surface area (Å²) in [5.74, 6) is 0.253. The third-order valence-corrected chi connectivity index (χ3v) is 10.1. The van der Waals surface area contributed by atoms with E-state index < -0.39 is 0 Å². The van der Waals surface area contributed by atoms with Crippen molar-refractivity contribution in [1.82, 2.24) is 0 Å². The molecule has 6 nitrogen and oxygen atoms in total. The van der Waals surface area contributed by atoms with Gasteiger partial charge in [-0.3, -0.25) is 9.59 Å². The summed E-state index contributed by atoms with van der Waals surface area (Å²) in [7, 11) is 0. The van der Waals surface area contributed by atoms with Crippen LogP contribution < -0.4 is 0 Å². The number of ketones is 2. The molecule has 0 spiro atoms. The number of nitrogens with one attached hydrogen (secondary N) is 2. The minimum Gasteiger partial charge on any atom is -0.294 e. The fourth-order valence-electron chi connectivity index (χ4n) is 7.38. The van der Waals surface area contributed by atoms with Gasteiger partial charge in [0.25, 0.3) is 0 Å². The van der Waals surface area contributed by atoms with Crippen LogP contribution in [0, 0.1) is 52.6 Å². The van der Waals surface area contributed by atoms with Crippen molar-refractivity contribution in [3.05, 3.63) is 77.9 Å². The minimum absolute atomic E-state index is 0.127. The molecule has 0 radical (unpaired) electrons. The lowest BCUT2D eigenvalue weighted by atomic mass is 9.74. The van der Waals surface area contributed by atoms with Gasteiger partial charge >= 0.3 is 0 Å². The molecular weight excluding hydrogens is 508 g/mol. The third kappa shape index (κ3) is 4.85. The lowest BCUT2D eigenvalue weighted by Crippen LogP contribution is -2.23. The van der Waals surface area contributed by atoms with Crippen LogP contribution in [0.2, 0.25) is 0 Å². The van der Waals surface area contributed by atoms with Crippen molar-refractivity contribution in [2.45, 2.75) is 113 Å². The summed E-state index contributed by atoms with van der Waals surface area (Å²) in [5.41, 5.74) is 33.0. The Morgan fingerprint density at radius 1 is 0.585 bits per heavy atom. The molecule has 2 unspecified atom stereocenters. The first-order valence-corrected chi connectivity index (χ1v) is 14.7. The molecule has 0 amide bonds. The Morgan fingerprint density at radius 3 is 1.24 bits per heavy atom. The van der Waals surface area contributed by atoms with Gasteiger partial charge in [0.05, 0.1) is 12.1 Å². The standard InChI is InChI=1S/C35H44N4O2/c1-16-18(3)34-28(14-30(40)22(7)32(34)24(9)38-36)20(5)26(16)12-11-13-27-17(2)19(4)35-29(21(27)6)15-31(41)23(8)33(35)25(10)39-37/h24-25,36-37H,11-15H2,1-10H3. The monoisotopic (exact) mass is 552 g/mol. The topological polar surface area (TPSA) is 107 Å². The molecule has 6 heteroatoms. The highest BCUT2D eigenvalue weighted by atomic mass is 16.1. The molecule has 41 heavy (non-hydrogen) atoms. The maximum absolute atomic E-state index is 13.0. The number of rotatable bonds is 8. The van der Waals surface area contributed by atoms with E-state index in [2.05, 4.69) is 51.8 Å². The number of fused-ring (bicyclic) bond motifs is 2. The highest BCUT2D eigenvalue weighted by Crippen LogP contribution is 2.42. The summed E-state index contributed by atoms with van der Waals surface area (Å²) in [6.45, 7) is 20.5. The number of benzene rings is 2. The molecule has 2 aromatic carbocycles. The average molecular weight is 553 g/mol. The third-order valence-electron chi connectivity index (χ3n) is 10.1. The van der Waals surface area contributed by atoms with Crippen molar-refractivity contribution in [3.8, 4) is 0 Å². The van der Waals surface area contributed by atoms with E-state index >= 15 is 0 Å². The molecule has 0 bridgehead atoms. The number of hydrogen-bond acceptors (Lipinski definition) is 6. The Labute approximate surface area is 244 Å². The first kappa shape index (κ1) is 30.4. The number of carbonyl (C=O) groups is 2. The molecule has 2 aliphatic carbocycles. The summed E-state index contributed by atoms with van der Waals surface area (Å²) in [6, 6.07) is -0.688. The summed E-state index contributed by atoms with van der Waals surface area (Å²) >= 11 is 0. The molecule has 2 aromatic rings. The highest BCUT2D eigenvalue weighted by Gasteiger charge is 2.32. The molecule has 0 aliphatic heterocycles. The molecule has 0 saturated heterocycles. The molecule has 0 aromatic heterocycles. The Balaban J connectivity index is 1.72. The first-order chi connectivity index (χ1) is 19.3. The van der Waals surface area contributed by atoms with Crippen LogP contribution in [0.4, 0.5) is 0 Å². The summed E-state index contributed by atoms with van der Waals surface area (Å²) < 4.78 is 0. The van der Waals surface area contributed by atoms with Gasteiger partial charge in [-0.2, -0.15) is 10.2 Å². The number of nitrogens with zero attached hydrogens (tertiary/aromatic N) is 2. The molecule has 2 N–H and O–H groups in total. The number of hydrogen-bond donors (Lipinski definition) is 2. The Bertz CT molecular complexity index is 1470. The second-order valence-corrected chi connectivity index (χ2v) is 12.2. The molecular formula is C35H44N4O2.